The molecule has 0 aromatic carbocycles. The lowest BCUT2D eigenvalue weighted by atomic mass is 9.99. The van der Waals surface area contributed by atoms with Crippen molar-refractivity contribution in [2.75, 3.05) is 13.1 Å². The molecule has 6 N–H and O–H groups in total. The van der Waals surface area contributed by atoms with Crippen LogP contribution in [-0.2, 0) is 28.5 Å². The zero-order valence-corrected chi connectivity index (χ0v) is 17.3. The molecule has 0 bridgehead atoms. The molecule has 3 fully saturated rings. The van der Waals surface area contributed by atoms with Gasteiger partial charge in [0.05, 0.1) is 6.10 Å². The van der Waals surface area contributed by atoms with E-state index in [9.17, 15) is 30.0 Å². The summed E-state index contributed by atoms with van der Waals surface area (Å²) in [5, 5.41) is 45.0. The number of aliphatic hydroxyl groups excluding tert-OH is 4. The lowest BCUT2D eigenvalue weighted by Gasteiger charge is -2.29. The van der Waals surface area contributed by atoms with Gasteiger partial charge in [-0.2, -0.15) is 0 Å². The number of fused-ring (bicyclic) bond motifs is 3. The zero-order chi connectivity index (χ0) is 22.4. The quantitative estimate of drug-likeness (QED) is 0.227. The van der Waals surface area contributed by atoms with Crippen molar-refractivity contribution in [1.29, 1.82) is 0 Å². The Labute approximate surface area is 173 Å². The third-order valence-corrected chi connectivity index (χ3v) is 5.23. The van der Waals surface area contributed by atoms with Gasteiger partial charge in [-0.25, -0.2) is 0 Å². The maximum atomic E-state index is 12.8. The number of β-amino-alcohol motifs (C(OH)–C–C–N with tert-alkyl or cyclic N) is 1. The van der Waals surface area contributed by atoms with E-state index in [1.165, 1.54) is 0 Å². The van der Waals surface area contributed by atoms with E-state index in [4.69, 9.17) is 18.9 Å². The first-order valence-electron chi connectivity index (χ1n) is 9.80. The summed E-state index contributed by atoms with van der Waals surface area (Å²) in [5.41, 5.74) is 0. The number of carbonyl (C=O) groups is 2. The van der Waals surface area contributed by atoms with Gasteiger partial charge in [-0.15, -0.1) is 0 Å². The Balaban J connectivity index is 1.91. The lowest BCUT2D eigenvalue weighted by Crippen LogP contribution is -2.57. The molecule has 0 aliphatic carbocycles. The molecule has 0 radical (unpaired) electrons. The van der Waals surface area contributed by atoms with Crippen LogP contribution >= 0.6 is 0 Å². The van der Waals surface area contributed by atoms with Crippen LogP contribution in [0.25, 0.3) is 0 Å². The number of rotatable bonds is 0. The molecule has 3 rings (SSSR count). The first-order chi connectivity index (χ1) is 13.8. The van der Waals surface area contributed by atoms with Crippen molar-refractivity contribution in [2.45, 2.75) is 88.1 Å². The molecule has 2 amide bonds. The molecule has 12 heteroatoms. The van der Waals surface area contributed by atoms with Crippen molar-refractivity contribution >= 4 is 11.8 Å². The molecule has 0 unspecified atom stereocenters. The maximum absolute atomic E-state index is 12.8. The summed E-state index contributed by atoms with van der Waals surface area (Å²) in [5.74, 6) is -3.76. The van der Waals surface area contributed by atoms with E-state index >= 15 is 0 Å². The average Bonchev–Trinajstić information content (AvgIpc) is 3.16. The topological polar surface area (TPSA) is 176 Å². The molecule has 3 aliphatic rings. The van der Waals surface area contributed by atoms with Crippen LogP contribution in [0, 0.1) is 0 Å². The van der Waals surface area contributed by atoms with Gasteiger partial charge < -0.3 is 50.0 Å². The lowest BCUT2D eigenvalue weighted by molar-refractivity contribution is -0.175. The molecule has 3 saturated heterocycles. The largest absolute Gasteiger partial charge is 0.388 e. The highest BCUT2D eigenvalue weighted by Gasteiger charge is 2.56. The molecule has 172 valence electrons. The second-order valence-corrected chi connectivity index (χ2v) is 8.64. The first-order valence-corrected chi connectivity index (χ1v) is 9.80. The van der Waals surface area contributed by atoms with E-state index in [2.05, 4.69) is 10.6 Å². The van der Waals surface area contributed by atoms with Crippen molar-refractivity contribution < 1.29 is 49.0 Å². The Morgan fingerprint density at radius 1 is 0.767 bits per heavy atom. The molecule has 0 aromatic rings. The number of hydrogen-bond acceptors (Lipinski definition) is 10. The fraction of sp³-hybridized carbons (Fsp3) is 0.889. The Kier molecular flexibility index (Phi) is 6.43. The summed E-state index contributed by atoms with van der Waals surface area (Å²) in [6, 6.07) is 0. The van der Waals surface area contributed by atoms with Crippen LogP contribution in [0.15, 0.2) is 0 Å². The summed E-state index contributed by atoms with van der Waals surface area (Å²) < 4.78 is 23.4. The van der Waals surface area contributed by atoms with Crippen molar-refractivity contribution in [2.24, 2.45) is 0 Å². The van der Waals surface area contributed by atoms with Gasteiger partial charge in [0.1, 0.15) is 30.5 Å². The minimum Gasteiger partial charge on any atom is -0.388 e. The van der Waals surface area contributed by atoms with Crippen molar-refractivity contribution in [3.8, 4) is 0 Å². The maximum Gasteiger partial charge on any atom is 0.252 e. The normalized spacial score (nSPS) is 44.4. The molecule has 8 atom stereocenters. The Morgan fingerprint density at radius 2 is 1.33 bits per heavy atom. The molecule has 3 aliphatic heterocycles. The van der Waals surface area contributed by atoms with E-state index in [-0.39, 0.29) is 6.54 Å². The SMILES string of the molecule is CC1(C)O[C@@H]2[C@@H]3OC(C)(C)O[C@H]3C(=O)NC[C@@H](O)[C@H](O)[C@H](O)[C@@H](O)C(=O)NC[C@H]2O1. The van der Waals surface area contributed by atoms with Gasteiger partial charge in [-0.05, 0) is 27.7 Å². The van der Waals surface area contributed by atoms with Crippen LogP contribution in [0.5, 0.6) is 0 Å². The number of carbonyl (C=O) groups excluding carboxylic acids is 2. The highest BCUT2D eigenvalue weighted by Crippen LogP contribution is 2.38. The molecule has 0 spiro atoms. The van der Waals surface area contributed by atoms with E-state index in [1.807, 2.05) is 0 Å². The second kappa shape index (κ2) is 8.28. The van der Waals surface area contributed by atoms with Crippen LogP contribution in [0.4, 0.5) is 0 Å². The zero-order valence-electron chi connectivity index (χ0n) is 17.3. The van der Waals surface area contributed by atoms with E-state index < -0.39 is 78.8 Å². The van der Waals surface area contributed by atoms with Gasteiger partial charge in [0.2, 0.25) is 0 Å². The fourth-order valence-corrected chi connectivity index (χ4v) is 3.83. The van der Waals surface area contributed by atoms with Crippen LogP contribution in [0.2, 0.25) is 0 Å². The van der Waals surface area contributed by atoms with E-state index in [1.54, 1.807) is 27.7 Å². The third kappa shape index (κ3) is 4.75. The summed E-state index contributed by atoms with van der Waals surface area (Å²) >= 11 is 0. The highest BCUT2D eigenvalue weighted by atomic mass is 16.8. The monoisotopic (exact) mass is 434 g/mol. The summed E-state index contributed by atoms with van der Waals surface area (Å²) in [7, 11) is 0. The van der Waals surface area contributed by atoms with Gasteiger partial charge in [0.15, 0.2) is 23.8 Å². The number of amides is 2. The molecule has 30 heavy (non-hydrogen) atoms. The molecular formula is C18H30N2O10. The predicted octanol–water partition coefficient (Wildman–Crippen LogP) is -3.28. The number of nitrogens with one attached hydrogen (secondary N) is 2. The molecule has 3 heterocycles. The van der Waals surface area contributed by atoms with Crippen molar-refractivity contribution in [3.05, 3.63) is 0 Å². The second-order valence-electron chi connectivity index (χ2n) is 8.64. The van der Waals surface area contributed by atoms with Crippen LogP contribution in [0.1, 0.15) is 27.7 Å². The van der Waals surface area contributed by atoms with Gasteiger partial charge in [0, 0.05) is 13.1 Å². The molecule has 12 nitrogen and oxygen atoms in total. The van der Waals surface area contributed by atoms with Crippen LogP contribution < -0.4 is 10.6 Å². The Bertz CT molecular complexity index is 671. The van der Waals surface area contributed by atoms with Crippen molar-refractivity contribution in [3.63, 3.8) is 0 Å². The molecule has 0 aromatic heterocycles. The summed E-state index contributed by atoms with van der Waals surface area (Å²) in [6.07, 6.45) is -11.1. The Morgan fingerprint density at radius 3 is 2.00 bits per heavy atom. The number of hydrogen-bond donors (Lipinski definition) is 6. The predicted molar refractivity (Wildman–Crippen MR) is 97.7 cm³/mol. The minimum absolute atomic E-state index is 0.135. The summed E-state index contributed by atoms with van der Waals surface area (Å²) in [4.78, 5) is 25.0. The van der Waals surface area contributed by atoms with Crippen LogP contribution in [0.3, 0.4) is 0 Å². The summed E-state index contributed by atoms with van der Waals surface area (Å²) in [6.45, 7) is 5.99. The standard InChI is InChI=1S/C18H30N2O10/c1-17(2)27-8-6-20-15(25)11(24)10(23)9(22)7(21)5-19-16(26)14-13(12(8)28-17)29-18(3,4)30-14/h7-14,21-24H,5-6H2,1-4H3,(H,19,26)(H,20,25)/t7-,8-,9+,10+,11-,12+,13+,14-/m1/s1. The smallest absolute Gasteiger partial charge is 0.252 e. The van der Waals surface area contributed by atoms with E-state index in [0.717, 1.165) is 0 Å². The Hall–Kier alpha value is -1.38. The molecular weight excluding hydrogens is 404 g/mol. The van der Waals surface area contributed by atoms with Gasteiger partial charge in [0.25, 0.3) is 11.8 Å². The van der Waals surface area contributed by atoms with Crippen molar-refractivity contribution in [1.82, 2.24) is 10.6 Å². The van der Waals surface area contributed by atoms with Gasteiger partial charge in [-0.1, -0.05) is 0 Å². The van der Waals surface area contributed by atoms with Gasteiger partial charge >= 0.3 is 0 Å². The van der Waals surface area contributed by atoms with E-state index in [0.29, 0.717) is 0 Å². The number of aliphatic hydroxyl groups is 4. The fourth-order valence-electron chi connectivity index (χ4n) is 3.83. The van der Waals surface area contributed by atoms with Crippen LogP contribution in [-0.4, -0.2) is 106 Å². The number of ether oxygens (including phenoxy) is 4. The highest BCUT2D eigenvalue weighted by molar-refractivity contribution is 5.82. The third-order valence-electron chi connectivity index (χ3n) is 5.23. The molecule has 0 saturated carbocycles. The van der Waals surface area contributed by atoms with Gasteiger partial charge in [-0.3, -0.25) is 9.59 Å². The minimum atomic E-state index is -2.01. The first kappa shape index (κ1) is 23.3. The average molecular weight is 434 g/mol.